The summed E-state index contributed by atoms with van der Waals surface area (Å²) in [7, 11) is 0. The maximum absolute atomic E-state index is 7.79. The summed E-state index contributed by atoms with van der Waals surface area (Å²) in [5.41, 5.74) is -0.403. The second-order valence-electron chi connectivity index (χ2n) is 9.96. The van der Waals surface area contributed by atoms with Gasteiger partial charge in [-0.1, -0.05) is 117 Å². The van der Waals surface area contributed by atoms with Crippen LogP contribution in [0.2, 0.25) is 0 Å². The van der Waals surface area contributed by atoms with Gasteiger partial charge in [0.15, 0.2) is 0 Å². The molecule has 202 valence electrons. The SMILES string of the molecule is CCCCCCCCCCCCn1cc[n+](CCCCCCCCCCCC)c1.N#CC(=C=[N-])C#N. The molecule has 0 saturated carbocycles. The highest BCUT2D eigenvalue weighted by atomic mass is 15.1. The summed E-state index contributed by atoms with van der Waals surface area (Å²) in [4.78, 5) is 0. The minimum Gasteiger partial charge on any atom is -0.762 e. The fourth-order valence-electron chi connectivity index (χ4n) is 4.34. The van der Waals surface area contributed by atoms with Gasteiger partial charge in [0, 0.05) is 0 Å². The predicted octanol–water partition coefficient (Wildman–Crippen LogP) is 8.82. The lowest BCUT2D eigenvalue weighted by Gasteiger charge is -2.02. The molecule has 0 N–H and O–H groups in total. The van der Waals surface area contributed by atoms with E-state index < -0.39 is 5.57 Å². The summed E-state index contributed by atoms with van der Waals surface area (Å²) < 4.78 is 4.78. The molecule has 1 rings (SSSR count). The van der Waals surface area contributed by atoms with E-state index in [1.165, 1.54) is 160 Å². The molecule has 1 aromatic rings. The first-order valence-electron chi connectivity index (χ1n) is 14.8. The van der Waals surface area contributed by atoms with Crippen LogP contribution in [-0.2, 0) is 13.1 Å². The molecule has 0 amide bonds. The fourth-order valence-corrected chi connectivity index (χ4v) is 4.34. The second kappa shape index (κ2) is 27.2. The van der Waals surface area contributed by atoms with Crippen molar-refractivity contribution in [3.05, 3.63) is 29.7 Å². The van der Waals surface area contributed by atoms with Crippen molar-refractivity contribution >= 4 is 5.87 Å². The molecular formula is C31H53N5. The molecule has 1 aromatic heterocycles. The first kappa shape index (κ1) is 33.6. The quantitative estimate of drug-likeness (QED) is 0.0697. The number of aromatic nitrogens is 2. The van der Waals surface area contributed by atoms with Crippen LogP contribution in [-0.4, -0.2) is 10.4 Å². The van der Waals surface area contributed by atoms with E-state index in [4.69, 9.17) is 15.9 Å². The molecule has 0 radical (unpaired) electrons. The highest BCUT2D eigenvalue weighted by Gasteiger charge is 2.03. The average Bonchev–Trinajstić information content (AvgIpc) is 3.35. The first-order chi connectivity index (χ1) is 17.7. The van der Waals surface area contributed by atoms with Crippen LogP contribution in [0, 0.1) is 22.7 Å². The zero-order chi connectivity index (χ0) is 26.5. The Labute approximate surface area is 222 Å². The molecule has 36 heavy (non-hydrogen) atoms. The average molecular weight is 496 g/mol. The van der Waals surface area contributed by atoms with Gasteiger partial charge in [0.2, 0.25) is 6.33 Å². The van der Waals surface area contributed by atoms with Crippen LogP contribution in [0.25, 0.3) is 5.41 Å². The number of aryl methyl sites for hydroxylation is 2. The molecule has 0 aliphatic carbocycles. The van der Waals surface area contributed by atoms with E-state index in [2.05, 4.69) is 41.7 Å². The van der Waals surface area contributed by atoms with Crippen LogP contribution in [0.3, 0.4) is 0 Å². The zero-order valence-corrected chi connectivity index (χ0v) is 23.5. The van der Waals surface area contributed by atoms with Crippen LogP contribution in [0.5, 0.6) is 0 Å². The van der Waals surface area contributed by atoms with Gasteiger partial charge in [-0.3, -0.25) is 0 Å². The Bertz CT molecular complexity index is 691. The van der Waals surface area contributed by atoms with Gasteiger partial charge < -0.3 is 5.41 Å². The third kappa shape index (κ3) is 22.1. The molecule has 0 bridgehead atoms. The molecule has 0 fully saturated rings. The van der Waals surface area contributed by atoms with Gasteiger partial charge in [-0.2, -0.15) is 10.5 Å². The normalized spacial score (nSPS) is 10.1. The molecule has 0 unspecified atom stereocenters. The third-order valence-electron chi connectivity index (χ3n) is 6.62. The lowest BCUT2D eigenvalue weighted by atomic mass is 10.1. The molecule has 0 saturated heterocycles. The highest BCUT2D eigenvalue weighted by molar-refractivity contribution is 5.71. The van der Waals surface area contributed by atoms with Gasteiger partial charge in [-0.15, -0.1) is 0 Å². The van der Waals surface area contributed by atoms with E-state index in [-0.39, 0.29) is 0 Å². The highest BCUT2D eigenvalue weighted by Crippen LogP contribution is 2.12. The number of unbranched alkanes of at least 4 members (excludes halogenated alkanes) is 18. The van der Waals surface area contributed by atoms with Gasteiger partial charge in [0.25, 0.3) is 0 Å². The van der Waals surface area contributed by atoms with Crippen LogP contribution in [0.4, 0.5) is 0 Å². The standard InChI is InChI=1S/C27H53N2.C4N3/c1-3-5-7-9-11-13-15-17-19-21-23-28-25-26-29(27-28)24-22-20-18-16-14-12-10-8-6-4-2;5-1-4(2-6)3-7/h25-27H,3-24H2,1-2H3;/q+1;-1. The second-order valence-corrected chi connectivity index (χ2v) is 9.96. The Morgan fingerprint density at radius 1 is 0.667 bits per heavy atom. The van der Waals surface area contributed by atoms with Crippen molar-refractivity contribution in [1.82, 2.24) is 4.57 Å². The van der Waals surface area contributed by atoms with Crippen molar-refractivity contribution in [1.29, 1.82) is 10.5 Å². The molecule has 5 heteroatoms. The van der Waals surface area contributed by atoms with Gasteiger partial charge in [0.1, 0.15) is 30.1 Å². The Morgan fingerprint density at radius 3 is 1.47 bits per heavy atom. The lowest BCUT2D eigenvalue weighted by Crippen LogP contribution is -2.30. The summed E-state index contributed by atoms with van der Waals surface area (Å²) >= 11 is 0. The zero-order valence-electron chi connectivity index (χ0n) is 23.5. The molecule has 0 aliphatic heterocycles. The van der Waals surface area contributed by atoms with Crippen LogP contribution in [0.1, 0.15) is 142 Å². The Morgan fingerprint density at radius 2 is 1.08 bits per heavy atom. The molecule has 1 heterocycles. The van der Waals surface area contributed by atoms with Crippen LogP contribution < -0.4 is 4.57 Å². The van der Waals surface area contributed by atoms with Crippen LogP contribution >= 0.6 is 0 Å². The Hall–Kier alpha value is -2.36. The van der Waals surface area contributed by atoms with E-state index in [9.17, 15) is 0 Å². The Kier molecular flexibility index (Phi) is 25.4. The number of hydrogen-bond acceptors (Lipinski definition) is 2. The minimum atomic E-state index is -0.403. The van der Waals surface area contributed by atoms with Gasteiger partial charge in [-0.25, -0.2) is 15.0 Å². The molecular weight excluding hydrogens is 442 g/mol. The van der Waals surface area contributed by atoms with Gasteiger partial charge >= 0.3 is 0 Å². The van der Waals surface area contributed by atoms with Crippen molar-refractivity contribution < 1.29 is 4.57 Å². The number of imidazole rings is 1. The molecule has 0 atom stereocenters. The van der Waals surface area contributed by atoms with Gasteiger partial charge in [0.05, 0.1) is 13.1 Å². The number of rotatable bonds is 22. The number of nitrogens with zero attached hydrogens (tertiary/aromatic N) is 5. The van der Waals surface area contributed by atoms with E-state index in [0.717, 1.165) is 0 Å². The minimum absolute atomic E-state index is 0.403. The van der Waals surface area contributed by atoms with Gasteiger partial charge in [-0.05, 0) is 25.7 Å². The molecule has 0 aromatic carbocycles. The summed E-state index contributed by atoms with van der Waals surface area (Å²) in [5.74, 6) is 1.40. The fraction of sp³-hybridized carbons (Fsp3) is 0.774. The maximum atomic E-state index is 7.79. The smallest absolute Gasteiger partial charge is 0.243 e. The summed E-state index contributed by atoms with van der Waals surface area (Å²) in [5, 5.41) is 23.4. The number of hydrogen-bond donors (Lipinski definition) is 0. The van der Waals surface area contributed by atoms with Crippen molar-refractivity contribution in [2.24, 2.45) is 0 Å². The lowest BCUT2D eigenvalue weighted by molar-refractivity contribution is -0.696. The summed E-state index contributed by atoms with van der Waals surface area (Å²) in [6.45, 7) is 6.98. The monoisotopic (exact) mass is 495 g/mol. The van der Waals surface area contributed by atoms with E-state index in [0.29, 0.717) is 0 Å². The molecule has 0 spiro atoms. The van der Waals surface area contributed by atoms with E-state index >= 15 is 0 Å². The van der Waals surface area contributed by atoms with Crippen molar-refractivity contribution in [3.8, 4) is 12.1 Å². The molecule has 0 aliphatic rings. The van der Waals surface area contributed by atoms with Crippen LogP contribution in [0.15, 0.2) is 24.3 Å². The van der Waals surface area contributed by atoms with Crippen molar-refractivity contribution in [2.45, 2.75) is 155 Å². The van der Waals surface area contributed by atoms with Crippen molar-refractivity contribution in [2.75, 3.05) is 0 Å². The van der Waals surface area contributed by atoms with Crippen molar-refractivity contribution in [3.63, 3.8) is 0 Å². The first-order valence-corrected chi connectivity index (χ1v) is 14.8. The van der Waals surface area contributed by atoms with E-state index in [1.54, 1.807) is 0 Å². The number of nitriles is 2. The predicted molar refractivity (Wildman–Crippen MR) is 151 cm³/mol. The maximum Gasteiger partial charge on any atom is 0.243 e. The Balaban J connectivity index is 0.00000152. The third-order valence-corrected chi connectivity index (χ3v) is 6.62. The topological polar surface area (TPSA) is 78.7 Å². The summed E-state index contributed by atoms with van der Waals surface area (Å²) in [6.07, 6.45) is 35.2. The number of allylic oxidation sites excluding steroid dienone is 1. The molecule has 5 nitrogen and oxygen atoms in total. The van der Waals surface area contributed by atoms with E-state index in [1.807, 2.05) is 0 Å². The largest absolute Gasteiger partial charge is 0.762 e. The summed E-state index contributed by atoms with van der Waals surface area (Å²) in [6, 6.07) is 2.79.